The standard InChI is InChI=1S/C68H121NO5S4/c1-6-50(5)20-21-54-43-55(54)26-36-75-67(76-37-27-56-44-62(56)47-59-40-51(59)7-2)24-22-65(71)73-34-18-12-10-14-30-69(32-16-17-33-70)31-15-11-13-19-35-74-66(72)23-25-68(77-38-28-57-45-63(57)48-60-41-52(60)8-3)78-39-29-58-46-64(58)49-61-42-53(61)9-4/h50-64,67-68,70H,6-49H2,1-5H3. The summed E-state index contributed by atoms with van der Waals surface area (Å²) in [4.78, 5) is 28.6. The van der Waals surface area contributed by atoms with Crippen LogP contribution in [0.3, 0.4) is 0 Å². The minimum Gasteiger partial charge on any atom is -0.466 e. The zero-order chi connectivity index (χ0) is 54.9. The molecule has 0 aromatic heterocycles. The maximum absolute atomic E-state index is 13.0. The summed E-state index contributed by atoms with van der Waals surface area (Å²) in [6.07, 6.45) is 42.4. The highest BCUT2D eigenvalue weighted by Crippen LogP contribution is 2.57. The van der Waals surface area contributed by atoms with Crippen molar-refractivity contribution in [2.24, 2.45) is 88.8 Å². The first kappa shape index (κ1) is 65.8. The number of esters is 2. The topological polar surface area (TPSA) is 76.1 Å². The van der Waals surface area contributed by atoms with Crippen molar-refractivity contribution in [3.8, 4) is 0 Å². The molecule has 6 nitrogen and oxygen atoms in total. The van der Waals surface area contributed by atoms with E-state index in [0.29, 0.717) is 35.2 Å². The monoisotopic (exact) mass is 1160 g/mol. The minimum absolute atomic E-state index is 0.00719. The first-order chi connectivity index (χ1) is 38.2. The maximum atomic E-state index is 13.0. The molecular formula is C68H121NO5S4. The van der Waals surface area contributed by atoms with Crippen LogP contribution in [-0.2, 0) is 19.1 Å². The molecule has 78 heavy (non-hydrogen) atoms. The lowest BCUT2D eigenvalue weighted by molar-refractivity contribution is -0.144. The van der Waals surface area contributed by atoms with E-state index in [2.05, 4.69) is 86.6 Å². The van der Waals surface area contributed by atoms with E-state index in [1.54, 1.807) is 0 Å². The summed E-state index contributed by atoms with van der Waals surface area (Å²) >= 11 is 8.62. The Morgan fingerprint density at radius 3 is 1.14 bits per heavy atom. The van der Waals surface area contributed by atoms with Crippen LogP contribution in [0.4, 0.5) is 0 Å². The quantitative estimate of drug-likeness (QED) is 0.0362. The zero-order valence-electron chi connectivity index (χ0n) is 51.1. The molecule has 0 aromatic carbocycles. The highest BCUT2D eigenvalue weighted by molar-refractivity contribution is 8.17. The molecular weight excluding hydrogens is 1040 g/mol. The fourth-order valence-corrected chi connectivity index (χ4v) is 20.1. The predicted octanol–water partition coefficient (Wildman–Crippen LogP) is 18.7. The summed E-state index contributed by atoms with van der Waals surface area (Å²) in [7, 11) is 0. The summed E-state index contributed by atoms with van der Waals surface area (Å²) < 4.78 is 12.7. The molecule has 0 aromatic rings. The number of nitrogens with zero attached hydrogens (tertiary/aromatic N) is 1. The van der Waals surface area contributed by atoms with Gasteiger partial charge < -0.3 is 19.5 Å². The van der Waals surface area contributed by atoms with Crippen LogP contribution in [0.2, 0.25) is 0 Å². The molecule has 1 N–H and O–H groups in total. The van der Waals surface area contributed by atoms with Crippen LogP contribution < -0.4 is 0 Å². The highest BCUT2D eigenvalue weighted by Gasteiger charge is 2.46. The fraction of sp³-hybridized carbons (Fsp3) is 0.971. The van der Waals surface area contributed by atoms with Gasteiger partial charge in [-0.3, -0.25) is 9.59 Å². The summed E-state index contributed by atoms with van der Waals surface area (Å²) in [5.74, 6) is 20.1. The van der Waals surface area contributed by atoms with Gasteiger partial charge in [0.25, 0.3) is 0 Å². The van der Waals surface area contributed by atoms with Crippen molar-refractivity contribution in [1.29, 1.82) is 0 Å². The molecule has 0 bridgehead atoms. The lowest BCUT2D eigenvalue weighted by Crippen LogP contribution is -2.27. The number of hydrogen-bond acceptors (Lipinski definition) is 10. The molecule has 7 aliphatic rings. The van der Waals surface area contributed by atoms with E-state index in [-0.39, 0.29) is 18.5 Å². The molecule has 0 aliphatic heterocycles. The van der Waals surface area contributed by atoms with Crippen LogP contribution in [0.25, 0.3) is 0 Å². The van der Waals surface area contributed by atoms with Crippen molar-refractivity contribution < 1.29 is 24.2 Å². The van der Waals surface area contributed by atoms with Gasteiger partial charge in [0.15, 0.2) is 0 Å². The average Bonchev–Trinajstić information content (AvgIpc) is 4.24. The number of unbranched alkanes of at least 4 members (excludes halogenated alkanes) is 7. The van der Waals surface area contributed by atoms with Crippen molar-refractivity contribution in [3.05, 3.63) is 0 Å². The van der Waals surface area contributed by atoms with E-state index in [4.69, 9.17) is 9.47 Å². The van der Waals surface area contributed by atoms with E-state index < -0.39 is 0 Å². The number of thioether (sulfide) groups is 4. The van der Waals surface area contributed by atoms with Crippen molar-refractivity contribution in [2.75, 3.05) is 62.5 Å². The lowest BCUT2D eigenvalue weighted by Gasteiger charge is -2.22. The van der Waals surface area contributed by atoms with E-state index in [1.807, 2.05) is 0 Å². The first-order valence-electron chi connectivity index (χ1n) is 34.3. The van der Waals surface area contributed by atoms with Crippen molar-refractivity contribution in [2.45, 2.75) is 262 Å². The number of carbonyl (C=O) groups excluding carboxylic acids is 2. The Hall–Kier alpha value is 0.260. The summed E-state index contributed by atoms with van der Waals surface area (Å²) in [5, 5.41) is 9.47. The largest absolute Gasteiger partial charge is 0.466 e. The molecule has 0 radical (unpaired) electrons. The Kier molecular flexibility index (Phi) is 31.2. The predicted molar refractivity (Wildman–Crippen MR) is 341 cm³/mol. The molecule has 0 spiro atoms. The van der Waals surface area contributed by atoms with Crippen molar-refractivity contribution in [1.82, 2.24) is 4.90 Å². The third-order valence-electron chi connectivity index (χ3n) is 21.1. The number of ether oxygens (including phenoxy) is 2. The second kappa shape index (κ2) is 37.0. The molecule has 7 fully saturated rings. The number of aliphatic hydroxyl groups excluding tert-OH is 1. The molecule has 0 saturated heterocycles. The van der Waals surface area contributed by atoms with Crippen LogP contribution in [0.5, 0.6) is 0 Å². The molecule has 7 aliphatic carbocycles. The number of aliphatic hydroxyl groups is 1. The molecule has 0 amide bonds. The van der Waals surface area contributed by atoms with Gasteiger partial charge in [0.05, 0.1) is 22.4 Å². The number of hydrogen-bond donors (Lipinski definition) is 1. The van der Waals surface area contributed by atoms with Gasteiger partial charge in [-0.2, -0.15) is 0 Å². The molecule has 452 valence electrons. The van der Waals surface area contributed by atoms with Crippen LogP contribution in [0, 0.1) is 88.8 Å². The van der Waals surface area contributed by atoms with Crippen molar-refractivity contribution >= 4 is 59.0 Å². The Bertz CT molecular complexity index is 1600. The number of carbonyl (C=O) groups is 2. The third-order valence-corrected chi connectivity index (χ3v) is 27.0. The van der Waals surface area contributed by atoms with Gasteiger partial charge in [0, 0.05) is 19.4 Å². The van der Waals surface area contributed by atoms with Gasteiger partial charge in [-0.25, -0.2) is 0 Å². The smallest absolute Gasteiger partial charge is 0.305 e. The van der Waals surface area contributed by atoms with E-state index in [0.717, 1.165) is 173 Å². The van der Waals surface area contributed by atoms with Gasteiger partial charge in [0.2, 0.25) is 0 Å². The van der Waals surface area contributed by atoms with Crippen LogP contribution >= 0.6 is 47.0 Å². The van der Waals surface area contributed by atoms with E-state index in [1.165, 1.54) is 164 Å². The van der Waals surface area contributed by atoms with Crippen LogP contribution in [-0.4, -0.2) is 93.6 Å². The molecule has 10 heteroatoms. The summed E-state index contributed by atoms with van der Waals surface area (Å²) in [6, 6.07) is 0. The second-order valence-corrected chi connectivity index (χ2v) is 33.3. The van der Waals surface area contributed by atoms with Gasteiger partial charge in [-0.15, -0.1) is 47.0 Å². The first-order valence-corrected chi connectivity index (χ1v) is 38.5. The maximum Gasteiger partial charge on any atom is 0.305 e. The third kappa shape index (κ3) is 27.1. The lowest BCUT2D eigenvalue weighted by atomic mass is 10.0. The Morgan fingerprint density at radius 2 is 0.769 bits per heavy atom. The Labute approximate surface area is 498 Å². The van der Waals surface area contributed by atoms with Gasteiger partial charge in [-0.1, -0.05) is 92.4 Å². The highest BCUT2D eigenvalue weighted by atomic mass is 32.2. The van der Waals surface area contributed by atoms with E-state index in [9.17, 15) is 14.7 Å². The molecule has 7 saturated carbocycles. The summed E-state index contributed by atoms with van der Waals surface area (Å²) in [6.45, 7) is 16.5. The Morgan fingerprint density at radius 1 is 0.436 bits per heavy atom. The van der Waals surface area contributed by atoms with Crippen molar-refractivity contribution in [3.63, 3.8) is 0 Å². The second-order valence-electron chi connectivity index (χ2n) is 27.4. The SMILES string of the molecule is CCC(C)CCC1CC1CCSC(CCC(=O)OCCCCCCN(CCCCO)CCCCCCOC(=O)CCC(SCCC1CC1CC1CC1CC)SCCC1CC1CC1CC1CC)SCCC1CC1CC1CC1CC. The average molecular weight is 1160 g/mol. The van der Waals surface area contributed by atoms with Gasteiger partial charge in [0.1, 0.15) is 0 Å². The zero-order valence-corrected chi connectivity index (χ0v) is 54.4. The van der Waals surface area contributed by atoms with Crippen LogP contribution in [0.1, 0.15) is 253 Å². The molecule has 7 rings (SSSR count). The van der Waals surface area contributed by atoms with E-state index >= 15 is 0 Å². The molecule has 0 heterocycles. The van der Waals surface area contributed by atoms with Crippen LogP contribution in [0.15, 0.2) is 0 Å². The Balaban J connectivity index is 0.688. The van der Waals surface area contributed by atoms with Gasteiger partial charge >= 0.3 is 11.9 Å². The summed E-state index contributed by atoms with van der Waals surface area (Å²) in [5.41, 5.74) is 0. The molecule has 16 unspecified atom stereocenters. The normalized spacial score (nSPS) is 31.2. The van der Waals surface area contributed by atoms with Gasteiger partial charge in [-0.05, 0) is 279 Å². The minimum atomic E-state index is 0.00719. The fourth-order valence-electron chi connectivity index (χ4n) is 14.2. The molecule has 16 atom stereocenters. The number of rotatable bonds is 53.